The fraction of sp³-hybridized carbons (Fsp3) is 0.200. The first-order chi connectivity index (χ1) is 9.81. The highest BCUT2D eigenvalue weighted by molar-refractivity contribution is 5.91. The van der Waals surface area contributed by atoms with Crippen molar-refractivity contribution in [1.82, 2.24) is 15.2 Å². The Balaban J connectivity index is 1.60. The van der Waals surface area contributed by atoms with E-state index in [1.807, 2.05) is 36.7 Å². The second kappa shape index (κ2) is 4.31. The van der Waals surface area contributed by atoms with Crippen LogP contribution in [0.1, 0.15) is 17.9 Å². The molecule has 1 aromatic carbocycles. The fourth-order valence-corrected chi connectivity index (χ4v) is 2.51. The first-order valence-electron chi connectivity index (χ1n) is 6.72. The van der Waals surface area contributed by atoms with E-state index in [9.17, 15) is 0 Å². The maximum absolute atomic E-state index is 5.86. The SMILES string of the molecule is N[C@@H]1C[C@H]1c1ccc(Nc2cccc3cn[nH]c23)nc1. The number of aromatic amines is 1. The van der Waals surface area contributed by atoms with Crippen LogP contribution >= 0.6 is 0 Å². The number of fused-ring (bicyclic) bond motifs is 1. The van der Waals surface area contributed by atoms with Gasteiger partial charge in [-0.1, -0.05) is 18.2 Å². The molecule has 5 nitrogen and oxygen atoms in total. The minimum Gasteiger partial charge on any atom is -0.338 e. The number of benzene rings is 1. The van der Waals surface area contributed by atoms with Crippen molar-refractivity contribution in [2.24, 2.45) is 5.73 Å². The quantitative estimate of drug-likeness (QED) is 0.680. The molecule has 4 rings (SSSR count). The molecule has 0 amide bonds. The van der Waals surface area contributed by atoms with Crippen LogP contribution in [0.4, 0.5) is 11.5 Å². The monoisotopic (exact) mass is 265 g/mol. The highest BCUT2D eigenvalue weighted by atomic mass is 15.1. The van der Waals surface area contributed by atoms with E-state index >= 15 is 0 Å². The van der Waals surface area contributed by atoms with Gasteiger partial charge < -0.3 is 11.1 Å². The minimum absolute atomic E-state index is 0.314. The Bertz CT molecular complexity index is 746. The first-order valence-corrected chi connectivity index (χ1v) is 6.72. The van der Waals surface area contributed by atoms with Gasteiger partial charge in [-0.2, -0.15) is 5.10 Å². The van der Waals surface area contributed by atoms with E-state index in [1.165, 1.54) is 5.56 Å². The van der Waals surface area contributed by atoms with Crippen molar-refractivity contribution >= 4 is 22.4 Å². The zero-order valence-corrected chi connectivity index (χ0v) is 10.9. The Kier molecular flexibility index (Phi) is 2.47. The van der Waals surface area contributed by atoms with Crippen LogP contribution in [-0.2, 0) is 0 Å². The van der Waals surface area contributed by atoms with Crippen molar-refractivity contribution in [2.45, 2.75) is 18.4 Å². The lowest BCUT2D eigenvalue weighted by Gasteiger charge is -2.07. The van der Waals surface area contributed by atoms with Gasteiger partial charge in [0, 0.05) is 23.5 Å². The number of pyridine rings is 1. The summed E-state index contributed by atoms with van der Waals surface area (Å²) < 4.78 is 0. The van der Waals surface area contributed by atoms with Crippen molar-refractivity contribution in [1.29, 1.82) is 0 Å². The summed E-state index contributed by atoms with van der Waals surface area (Å²) in [7, 11) is 0. The first kappa shape index (κ1) is 11.4. The Morgan fingerprint density at radius 1 is 1.20 bits per heavy atom. The topological polar surface area (TPSA) is 79.6 Å². The lowest BCUT2D eigenvalue weighted by Crippen LogP contribution is -2.01. The molecule has 0 bridgehead atoms. The van der Waals surface area contributed by atoms with E-state index in [-0.39, 0.29) is 0 Å². The Morgan fingerprint density at radius 2 is 2.10 bits per heavy atom. The van der Waals surface area contributed by atoms with Crippen LogP contribution in [0.5, 0.6) is 0 Å². The van der Waals surface area contributed by atoms with Gasteiger partial charge >= 0.3 is 0 Å². The molecule has 2 heterocycles. The number of para-hydroxylation sites is 1. The standard InChI is InChI=1S/C15H15N5/c16-12-6-11(12)9-4-5-14(17-7-9)19-13-3-1-2-10-8-18-20-15(10)13/h1-5,7-8,11-12H,6,16H2,(H,17,19)(H,18,20)/t11-,12+/m0/s1. The molecule has 2 atom stereocenters. The lowest BCUT2D eigenvalue weighted by atomic mass is 10.2. The van der Waals surface area contributed by atoms with Crippen molar-refractivity contribution in [3.8, 4) is 0 Å². The minimum atomic E-state index is 0.314. The highest BCUT2D eigenvalue weighted by Crippen LogP contribution is 2.38. The predicted molar refractivity (Wildman–Crippen MR) is 78.9 cm³/mol. The largest absolute Gasteiger partial charge is 0.338 e. The normalized spacial score (nSPS) is 21.1. The average Bonchev–Trinajstić information content (AvgIpc) is 3.01. The molecule has 4 N–H and O–H groups in total. The zero-order chi connectivity index (χ0) is 13.5. The molecule has 3 aromatic rings. The second-order valence-electron chi connectivity index (χ2n) is 5.25. The Labute approximate surface area is 116 Å². The van der Waals surface area contributed by atoms with E-state index in [4.69, 9.17) is 5.73 Å². The second-order valence-corrected chi connectivity index (χ2v) is 5.25. The van der Waals surface area contributed by atoms with Gasteiger partial charge in [0.15, 0.2) is 0 Å². The molecule has 100 valence electrons. The summed E-state index contributed by atoms with van der Waals surface area (Å²) in [5.41, 5.74) is 9.04. The van der Waals surface area contributed by atoms with Crippen molar-refractivity contribution in [3.63, 3.8) is 0 Å². The number of rotatable bonds is 3. The highest BCUT2D eigenvalue weighted by Gasteiger charge is 2.34. The van der Waals surface area contributed by atoms with Crippen LogP contribution in [0.25, 0.3) is 10.9 Å². The molecule has 0 saturated heterocycles. The molecule has 0 unspecified atom stereocenters. The molecule has 1 fully saturated rings. The van der Waals surface area contributed by atoms with Gasteiger partial charge in [0.2, 0.25) is 0 Å². The molecule has 2 aromatic heterocycles. The van der Waals surface area contributed by atoms with Crippen LogP contribution < -0.4 is 11.1 Å². The number of H-pyrrole nitrogens is 1. The summed E-state index contributed by atoms with van der Waals surface area (Å²) in [6.07, 6.45) is 4.79. The van der Waals surface area contributed by atoms with Crippen LogP contribution in [-0.4, -0.2) is 21.2 Å². The summed E-state index contributed by atoms with van der Waals surface area (Å²) in [4.78, 5) is 4.46. The number of nitrogens with one attached hydrogen (secondary N) is 2. The predicted octanol–water partition coefficient (Wildman–Crippen LogP) is 2.52. The third-order valence-electron chi connectivity index (χ3n) is 3.79. The van der Waals surface area contributed by atoms with Gasteiger partial charge in [0.05, 0.1) is 17.4 Å². The third-order valence-corrected chi connectivity index (χ3v) is 3.79. The van der Waals surface area contributed by atoms with Crippen molar-refractivity contribution < 1.29 is 0 Å². The molecule has 0 aliphatic heterocycles. The van der Waals surface area contributed by atoms with Crippen molar-refractivity contribution in [2.75, 3.05) is 5.32 Å². The Morgan fingerprint density at radius 3 is 2.85 bits per heavy atom. The molecule has 5 heteroatoms. The molecular weight excluding hydrogens is 250 g/mol. The average molecular weight is 265 g/mol. The van der Waals surface area contributed by atoms with E-state index in [0.29, 0.717) is 12.0 Å². The summed E-state index contributed by atoms with van der Waals surface area (Å²) >= 11 is 0. The molecular formula is C15H15N5. The van der Waals surface area contributed by atoms with Gasteiger partial charge in [-0.3, -0.25) is 5.10 Å². The third kappa shape index (κ3) is 1.92. The van der Waals surface area contributed by atoms with Gasteiger partial charge in [-0.25, -0.2) is 4.98 Å². The van der Waals surface area contributed by atoms with Crippen LogP contribution in [0.3, 0.4) is 0 Å². The number of hydrogen-bond donors (Lipinski definition) is 3. The van der Waals surface area contributed by atoms with Crippen LogP contribution in [0, 0.1) is 0 Å². The zero-order valence-electron chi connectivity index (χ0n) is 10.9. The molecule has 1 aliphatic carbocycles. The van der Waals surface area contributed by atoms with E-state index < -0.39 is 0 Å². The number of hydrogen-bond acceptors (Lipinski definition) is 4. The maximum atomic E-state index is 5.86. The van der Waals surface area contributed by atoms with Crippen LogP contribution in [0.2, 0.25) is 0 Å². The van der Waals surface area contributed by atoms with Crippen LogP contribution in [0.15, 0.2) is 42.7 Å². The van der Waals surface area contributed by atoms with Gasteiger partial charge in [-0.05, 0) is 24.1 Å². The summed E-state index contributed by atoms with van der Waals surface area (Å²) in [6, 6.07) is 10.4. The number of nitrogens with two attached hydrogens (primary N) is 1. The smallest absolute Gasteiger partial charge is 0.130 e. The number of nitrogens with zero attached hydrogens (tertiary/aromatic N) is 2. The molecule has 20 heavy (non-hydrogen) atoms. The van der Waals surface area contributed by atoms with Gasteiger partial charge in [0.1, 0.15) is 5.82 Å². The van der Waals surface area contributed by atoms with E-state index in [2.05, 4.69) is 26.6 Å². The van der Waals surface area contributed by atoms with Gasteiger partial charge in [-0.15, -0.1) is 0 Å². The number of anilines is 2. The fourth-order valence-electron chi connectivity index (χ4n) is 2.51. The Hall–Kier alpha value is -2.40. The summed E-state index contributed by atoms with van der Waals surface area (Å²) in [6.45, 7) is 0. The summed E-state index contributed by atoms with van der Waals surface area (Å²) in [5.74, 6) is 1.32. The maximum Gasteiger partial charge on any atom is 0.130 e. The van der Waals surface area contributed by atoms with Crippen molar-refractivity contribution in [3.05, 3.63) is 48.3 Å². The number of aromatic nitrogens is 3. The lowest BCUT2D eigenvalue weighted by molar-refractivity contribution is 0.981. The molecule has 0 radical (unpaired) electrons. The molecule has 1 saturated carbocycles. The van der Waals surface area contributed by atoms with E-state index in [0.717, 1.165) is 28.8 Å². The van der Waals surface area contributed by atoms with E-state index in [1.54, 1.807) is 0 Å². The summed E-state index contributed by atoms with van der Waals surface area (Å²) in [5, 5.41) is 11.5. The van der Waals surface area contributed by atoms with Gasteiger partial charge in [0.25, 0.3) is 0 Å². The molecule has 1 aliphatic rings. The molecule has 0 spiro atoms.